The lowest BCUT2D eigenvalue weighted by Gasteiger charge is -2.21. The SMILES string of the molecule is C=C(NCCCCCNC(=O)NC/C1=C/CC[C@@]2(C)O[C@H]2[C@H]2OC(=O)C(=C)[C@@H]2CC1)NC/C1=C/CC[C@@]2(C)O[C@H]2[C@H]2OC(=O)C(=C)[C@@H]2CC1. The minimum atomic E-state index is -0.315. The quantitative estimate of drug-likeness (QED) is 0.0765. The third kappa shape index (κ3) is 8.26. The third-order valence-corrected chi connectivity index (χ3v) is 11.4. The van der Waals surface area contributed by atoms with Gasteiger partial charge >= 0.3 is 18.0 Å². The van der Waals surface area contributed by atoms with Gasteiger partial charge in [0.05, 0.1) is 17.0 Å². The van der Waals surface area contributed by atoms with E-state index in [-0.39, 0.29) is 65.4 Å². The standard InChI is InChI=1S/C38H54N4O7/c1-23-28-15-13-26(11-9-17-37(4)32(48-37)30(28)46-34(23)43)21-41-25(3)39-19-7-6-8-20-40-36(45)42-22-27-12-10-18-38(5)33(49-38)31-29(16-14-27)24(2)35(44)47-31/h11-12,28-33,39,41H,1-3,6-10,13-22H2,4-5H3,(H2,40,42,45)/b26-11+,27-12+/t28-,29-,30-,31-,32-,33-,37+,38+/m0/s1. The van der Waals surface area contributed by atoms with Crippen LogP contribution < -0.4 is 21.3 Å². The second kappa shape index (κ2) is 14.7. The van der Waals surface area contributed by atoms with E-state index in [4.69, 9.17) is 18.9 Å². The molecule has 0 aromatic rings. The van der Waals surface area contributed by atoms with E-state index >= 15 is 0 Å². The Bertz CT molecular complexity index is 1320. The fraction of sp³-hybridized carbons (Fsp3) is 0.658. The van der Waals surface area contributed by atoms with E-state index in [0.29, 0.717) is 30.8 Å². The Hall–Kier alpha value is -3.57. The first-order valence-corrected chi connectivity index (χ1v) is 18.2. The van der Waals surface area contributed by atoms with Gasteiger partial charge in [-0.2, -0.15) is 0 Å². The first kappa shape index (κ1) is 35.3. The van der Waals surface area contributed by atoms with Crippen LogP contribution in [0.2, 0.25) is 0 Å². The summed E-state index contributed by atoms with van der Waals surface area (Å²) in [7, 11) is 0. The van der Waals surface area contributed by atoms with E-state index in [1.165, 1.54) is 5.57 Å². The molecule has 2 amide bonds. The van der Waals surface area contributed by atoms with Gasteiger partial charge in [-0.15, -0.1) is 0 Å². The summed E-state index contributed by atoms with van der Waals surface area (Å²) in [5.74, 6) is 0.132. The zero-order chi connectivity index (χ0) is 34.8. The summed E-state index contributed by atoms with van der Waals surface area (Å²) in [5.41, 5.74) is 3.04. The lowest BCUT2D eigenvalue weighted by molar-refractivity contribution is -0.140. The van der Waals surface area contributed by atoms with Crippen molar-refractivity contribution in [3.63, 3.8) is 0 Å². The maximum absolute atomic E-state index is 12.5. The normalized spacial score (nSPS) is 37.3. The number of allylic oxidation sites excluding steroid dienone is 2. The van der Waals surface area contributed by atoms with Crippen molar-refractivity contribution in [2.45, 2.75) is 120 Å². The summed E-state index contributed by atoms with van der Waals surface area (Å²) in [6.45, 7) is 18.9. The van der Waals surface area contributed by atoms with Crippen molar-refractivity contribution in [3.05, 3.63) is 60.0 Å². The van der Waals surface area contributed by atoms with E-state index in [9.17, 15) is 14.4 Å². The van der Waals surface area contributed by atoms with Crippen molar-refractivity contribution in [2.24, 2.45) is 11.8 Å². The van der Waals surface area contributed by atoms with Crippen LogP contribution in [0.15, 0.2) is 60.0 Å². The van der Waals surface area contributed by atoms with Crippen molar-refractivity contribution in [1.82, 2.24) is 21.3 Å². The largest absolute Gasteiger partial charge is 0.455 e. The van der Waals surface area contributed by atoms with Crippen molar-refractivity contribution in [3.8, 4) is 0 Å². The monoisotopic (exact) mass is 678 g/mol. The smallest absolute Gasteiger partial charge is 0.334 e. The highest BCUT2D eigenvalue weighted by Crippen LogP contribution is 2.51. The molecule has 6 aliphatic rings. The van der Waals surface area contributed by atoms with Crippen molar-refractivity contribution in [2.75, 3.05) is 26.2 Å². The van der Waals surface area contributed by atoms with Crippen LogP contribution in [0.3, 0.4) is 0 Å². The van der Waals surface area contributed by atoms with Crippen molar-refractivity contribution >= 4 is 18.0 Å². The van der Waals surface area contributed by atoms with Crippen LogP contribution in [0, 0.1) is 11.8 Å². The van der Waals surface area contributed by atoms with Crippen molar-refractivity contribution in [1.29, 1.82) is 0 Å². The van der Waals surface area contributed by atoms with Gasteiger partial charge in [0.15, 0.2) is 0 Å². The fourth-order valence-electron chi connectivity index (χ4n) is 7.97. The molecule has 0 spiro atoms. The van der Waals surface area contributed by atoms with Gasteiger partial charge in [-0.3, -0.25) is 0 Å². The average Bonchev–Trinajstić information content (AvgIpc) is 3.88. The number of esters is 2. The van der Waals surface area contributed by atoms with Gasteiger partial charge in [-0.1, -0.05) is 43.0 Å². The number of hydrogen-bond acceptors (Lipinski definition) is 9. The van der Waals surface area contributed by atoms with E-state index in [1.54, 1.807) is 0 Å². The third-order valence-electron chi connectivity index (χ3n) is 11.4. The number of hydrogen-bond donors (Lipinski definition) is 4. The number of rotatable bonds is 12. The Labute approximate surface area is 290 Å². The van der Waals surface area contributed by atoms with E-state index in [0.717, 1.165) is 88.6 Å². The van der Waals surface area contributed by atoms with Gasteiger partial charge in [0.25, 0.3) is 0 Å². The molecule has 0 aromatic carbocycles. The Balaban J connectivity index is 0.829. The predicted octanol–water partition coefficient (Wildman–Crippen LogP) is 4.62. The van der Waals surface area contributed by atoms with Crippen LogP contribution in [0.25, 0.3) is 0 Å². The topological polar surface area (TPSA) is 143 Å². The number of epoxide rings is 2. The van der Waals surface area contributed by atoms with Crippen LogP contribution in [0.1, 0.15) is 84.5 Å². The summed E-state index contributed by atoms with van der Waals surface area (Å²) in [5, 5.41) is 12.8. The highest BCUT2D eigenvalue weighted by Gasteiger charge is 2.62. The predicted molar refractivity (Wildman–Crippen MR) is 185 cm³/mol. The lowest BCUT2D eigenvalue weighted by atomic mass is 9.84. The second-order valence-corrected chi connectivity index (χ2v) is 15.0. The van der Waals surface area contributed by atoms with Gasteiger partial charge in [-0.25, -0.2) is 14.4 Å². The highest BCUT2D eigenvalue weighted by molar-refractivity contribution is 5.91. The van der Waals surface area contributed by atoms with Gasteiger partial charge in [-0.05, 0) is 84.5 Å². The molecule has 0 saturated carbocycles. The second-order valence-electron chi connectivity index (χ2n) is 15.0. The number of ether oxygens (including phenoxy) is 4. The number of unbranched alkanes of at least 4 members (excludes halogenated alkanes) is 2. The maximum atomic E-state index is 12.5. The molecule has 4 N–H and O–H groups in total. The molecule has 0 unspecified atom stereocenters. The summed E-state index contributed by atoms with van der Waals surface area (Å²) < 4.78 is 23.3. The van der Waals surface area contributed by atoms with Crippen LogP contribution in [0.5, 0.6) is 0 Å². The molecule has 268 valence electrons. The number of amides is 2. The molecule has 8 atom stereocenters. The molecule has 0 bridgehead atoms. The minimum absolute atomic E-state index is 0.00322. The zero-order valence-electron chi connectivity index (χ0n) is 29.2. The van der Waals surface area contributed by atoms with Crippen LogP contribution in [-0.4, -0.2) is 79.8 Å². The molecule has 0 radical (unpaired) electrons. The minimum Gasteiger partial charge on any atom is -0.455 e. The number of carbonyl (C=O) groups excluding carboxylic acids is 3. The van der Waals surface area contributed by atoms with E-state index in [1.807, 2.05) is 0 Å². The molecule has 4 fully saturated rings. The molecule has 0 aromatic heterocycles. The van der Waals surface area contributed by atoms with Gasteiger partial charge < -0.3 is 40.2 Å². The Morgan fingerprint density at radius 2 is 1.24 bits per heavy atom. The Kier molecular flexibility index (Phi) is 10.6. The highest BCUT2D eigenvalue weighted by atomic mass is 16.7. The van der Waals surface area contributed by atoms with E-state index < -0.39 is 0 Å². The van der Waals surface area contributed by atoms with Crippen LogP contribution in [-0.2, 0) is 28.5 Å². The Morgan fingerprint density at radius 1 is 0.755 bits per heavy atom. The fourth-order valence-corrected chi connectivity index (χ4v) is 7.97. The summed E-state index contributed by atoms with van der Waals surface area (Å²) in [4.78, 5) is 36.9. The van der Waals surface area contributed by atoms with Crippen LogP contribution >= 0.6 is 0 Å². The van der Waals surface area contributed by atoms with E-state index in [2.05, 4.69) is 67.0 Å². The first-order chi connectivity index (χ1) is 23.5. The van der Waals surface area contributed by atoms with Crippen LogP contribution in [0.4, 0.5) is 4.79 Å². The molecule has 4 aliphatic heterocycles. The summed E-state index contributed by atoms with van der Waals surface area (Å²) in [6.07, 6.45) is 13.5. The van der Waals surface area contributed by atoms with Gasteiger partial charge in [0.2, 0.25) is 0 Å². The number of fused-ring (bicyclic) bond motifs is 6. The molecule has 2 aliphatic carbocycles. The molecule has 4 heterocycles. The zero-order valence-corrected chi connectivity index (χ0v) is 29.2. The molecular weight excluding hydrogens is 624 g/mol. The molecular formula is C38H54N4O7. The molecule has 49 heavy (non-hydrogen) atoms. The van der Waals surface area contributed by atoms with Gasteiger partial charge in [0, 0.05) is 49.2 Å². The molecule has 11 nitrogen and oxygen atoms in total. The summed E-state index contributed by atoms with van der Waals surface area (Å²) in [6, 6.07) is -0.173. The lowest BCUT2D eigenvalue weighted by Crippen LogP contribution is -2.37. The first-order valence-electron chi connectivity index (χ1n) is 18.2. The molecule has 6 rings (SSSR count). The van der Waals surface area contributed by atoms with Gasteiger partial charge in [0.1, 0.15) is 24.4 Å². The summed E-state index contributed by atoms with van der Waals surface area (Å²) >= 11 is 0. The number of urea groups is 1. The average molecular weight is 679 g/mol. The molecule has 4 saturated heterocycles. The Morgan fingerprint density at radius 3 is 1.78 bits per heavy atom. The number of nitrogens with one attached hydrogen (secondary N) is 4. The number of carbonyl (C=O) groups is 3. The molecule has 11 heteroatoms. The van der Waals surface area contributed by atoms with Crippen molar-refractivity contribution < 1.29 is 33.3 Å². The maximum Gasteiger partial charge on any atom is 0.334 e.